The van der Waals surface area contributed by atoms with Crippen LogP contribution in [0.1, 0.15) is 28.8 Å². The van der Waals surface area contributed by atoms with Crippen LogP contribution in [0, 0.1) is 11.3 Å². The monoisotopic (exact) mass is 357 g/mol. The number of hydrogen-bond acceptors (Lipinski definition) is 5. The Kier molecular flexibility index (Phi) is 5.25. The van der Waals surface area contributed by atoms with Crippen molar-refractivity contribution >= 4 is 11.8 Å². The predicted octanol–water partition coefficient (Wildman–Crippen LogP) is 1.04. The second kappa shape index (κ2) is 7.44. The highest BCUT2D eigenvalue weighted by molar-refractivity contribution is 5.95. The molecule has 138 valence electrons. The smallest absolute Gasteiger partial charge is 0.254 e. The molecule has 1 aromatic carbocycles. The molecule has 2 aliphatic rings. The Hall–Kier alpha value is -2.43. The molecular weight excluding hydrogens is 334 g/mol. The number of carbonyl (C=O) groups is 2. The van der Waals surface area contributed by atoms with E-state index in [1.54, 1.807) is 43.3 Å². The van der Waals surface area contributed by atoms with Gasteiger partial charge in [-0.2, -0.15) is 5.26 Å². The zero-order valence-electron chi connectivity index (χ0n) is 15.1. The fourth-order valence-corrected chi connectivity index (χ4v) is 3.36. The van der Waals surface area contributed by atoms with E-state index in [2.05, 4.69) is 0 Å². The maximum atomic E-state index is 12.6. The summed E-state index contributed by atoms with van der Waals surface area (Å²) in [5, 5.41) is 8.97. The van der Waals surface area contributed by atoms with Crippen LogP contribution in [0.3, 0.4) is 0 Å². The van der Waals surface area contributed by atoms with Crippen LogP contribution in [0.4, 0.5) is 0 Å². The number of rotatable bonds is 4. The highest BCUT2D eigenvalue weighted by atomic mass is 16.5. The molecule has 0 aliphatic carbocycles. The summed E-state index contributed by atoms with van der Waals surface area (Å²) < 4.78 is 11.7. The number of amides is 2. The third-order valence-electron chi connectivity index (χ3n) is 4.87. The Morgan fingerprint density at radius 1 is 1.42 bits per heavy atom. The van der Waals surface area contributed by atoms with Crippen LogP contribution in [-0.4, -0.2) is 73.7 Å². The maximum Gasteiger partial charge on any atom is 0.254 e. The average molecular weight is 357 g/mol. The van der Waals surface area contributed by atoms with Crippen LogP contribution in [0.2, 0.25) is 0 Å². The van der Waals surface area contributed by atoms with E-state index in [0.29, 0.717) is 37.2 Å². The molecule has 2 aliphatic heterocycles. The molecule has 0 bridgehead atoms. The Morgan fingerprint density at radius 3 is 2.88 bits per heavy atom. The van der Waals surface area contributed by atoms with E-state index >= 15 is 0 Å². The fourth-order valence-electron chi connectivity index (χ4n) is 3.36. The lowest BCUT2D eigenvalue weighted by Crippen LogP contribution is -2.67. The molecule has 2 fully saturated rings. The molecule has 1 aromatic rings. The topological polar surface area (TPSA) is 82.9 Å². The van der Waals surface area contributed by atoms with Crippen LogP contribution < -0.4 is 0 Å². The molecule has 1 spiro atoms. The van der Waals surface area contributed by atoms with E-state index in [9.17, 15) is 9.59 Å². The van der Waals surface area contributed by atoms with Crippen molar-refractivity contribution in [2.45, 2.75) is 24.5 Å². The molecule has 1 unspecified atom stereocenters. The number of likely N-dealkylation sites (N-methyl/N-ethyl adjacent to an activating group) is 1. The Labute approximate surface area is 153 Å². The van der Waals surface area contributed by atoms with Crippen molar-refractivity contribution in [3.63, 3.8) is 0 Å². The van der Waals surface area contributed by atoms with Crippen molar-refractivity contribution in [3.8, 4) is 6.07 Å². The molecule has 3 rings (SSSR count). The third kappa shape index (κ3) is 3.87. The van der Waals surface area contributed by atoms with Gasteiger partial charge in [-0.1, -0.05) is 6.07 Å². The van der Waals surface area contributed by atoms with E-state index in [1.807, 2.05) is 6.07 Å². The summed E-state index contributed by atoms with van der Waals surface area (Å²) in [6.45, 7) is 1.64. The molecule has 2 heterocycles. The van der Waals surface area contributed by atoms with Gasteiger partial charge in [0.1, 0.15) is 12.2 Å². The first-order valence-corrected chi connectivity index (χ1v) is 8.68. The second-order valence-electron chi connectivity index (χ2n) is 7.10. The highest BCUT2D eigenvalue weighted by Crippen LogP contribution is 2.36. The van der Waals surface area contributed by atoms with E-state index in [1.165, 1.54) is 4.90 Å². The Bertz CT molecular complexity index is 735. The van der Waals surface area contributed by atoms with Gasteiger partial charge in [-0.15, -0.1) is 0 Å². The van der Waals surface area contributed by atoms with Crippen molar-refractivity contribution in [2.75, 3.05) is 40.4 Å². The third-order valence-corrected chi connectivity index (χ3v) is 4.87. The van der Waals surface area contributed by atoms with E-state index in [4.69, 9.17) is 14.7 Å². The van der Waals surface area contributed by atoms with Crippen LogP contribution in [0.5, 0.6) is 0 Å². The summed E-state index contributed by atoms with van der Waals surface area (Å²) in [4.78, 5) is 27.5. The SMILES string of the molecule is CN(C)C(=O)COC1CCOC2(C1)CN(C(=O)c1cccc(C#N)c1)C2. The summed E-state index contributed by atoms with van der Waals surface area (Å²) in [5.41, 5.74) is 0.602. The largest absolute Gasteiger partial charge is 0.371 e. The van der Waals surface area contributed by atoms with Gasteiger partial charge in [-0.3, -0.25) is 9.59 Å². The molecule has 7 heteroatoms. The molecule has 0 N–H and O–H groups in total. The summed E-state index contributed by atoms with van der Waals surface area (Å²) in [5.74, 6) is -0.157. The van der Waals surface area contributed by atoms with E-state index < -0.39 is 0 Å². The van der Waals surface area contributed by atoms with Gasteiger partial charge in [0.05, 0.1) is 30.8 Å². The van der Waals surface area contributed by atoms with Gasteiger partial charge in [0.25, 0.3) is 5.91 Å². The number of benzene rings is 1. The zero-order chi connectivity index (χ0) is 18.7. The van der Waals surface area contributed by atoms with E-state index in [0.717, 1.165) is 6.42 Å². The minimum Gasteiger partial charge on any atom is -0.371 e. The van der Waals surface area contributed by atoms with Crippen molar-refractivity contribution in [2.24, 2.45) is 0 Å². The summed E-state index contributed by atoms with van der Waals surface area (Å²) in [6, 6.07) is 8.76. The lowest BCUT2D eigenvalue weighted by molar-refractivity contribution is -0.188. The molecule has 0 aromatic heterocycles. The molecule has 0 radical (unpaired) electrons. The van der Waals surface area contributed by atoms with Gasteiger partial charge in [0.15, 0.2) is 0 Å². The lowest BCUT2D eigenvalue weighted by Gasteiger charge is -2.53. The van der Waals surface area contributed by atoms with Gasteiger partial charge in [0, 0.05) is 32.7 Å². The average Bonchev–Trinajstić information content (AvgIpc) is 2.63. The minimum atomic E-state index is -0.382. The first-order chi connectivity index (χ1) is 12.4. The highest BCUT2D eigenvalue weighted by Gasteiger charge is 2.49. The number of nitrogens with zero attached hydrogens (tertiary/aromatic N) is 3. The molecule has 2 saturated heterocycles. The summed E-state index contributed by atoms with van der Waals surface area (Å²) in [7, 11) is 3.40. The quantitative estimate of drug-likeness (QED) is 0.804. The summed E-state index contributed by atoms with van der Waals surface area (Å²) in [6.07, 6.45) is 1.39. The van der Waals surface area contributed by atoms with Crippen molar-refractivity contribution in [1.82, 2.24) is 9.80 Å². The Morgan fingerprint density at radius 2 is 2.19 bits per heavy atom. The van der Waals surface area contributed by atoms with Crippen LogP contribution in [0.15, 0.2) is 24.3 Å². The Balaban J connectivity index is 1.54. The molecular formula is C19H23N3O4. The van der Waals surface area contributed by atoms with Gasteiger partial charge in [0.2, 0.25) is 5.91 Å². The van der Waals surface area contributed by atoms with E-state index in [-0.39, 0.29) is 30.1 Å². The van der Waals surface area contributed by atoms with Crippen LogP contribution >= 0.6 is 0 Å². The molecule has 26 heavy (non-hydrogen) atoms. The fraction of sp³-hybridized carbons (Fsp3) is 0.526. The number of likely N-dealkylation sites (tertiary alicyclic amines) is 1. The second-order valence-corrected chi connectivity index (χ2v) is 7.10. The van der Waals surface area contributed by atoms with Gasteiger partial charge in [-0.05, 0) is 24.6 Å². The number of hydrogen-bond donors (Lipinski definition) is 0. The number of carbonyl (C=O) groups excluding carboxylic acids is 2. The lowest BCUT2D eigenvalue weighted by atomic mass is 9.84. The molecule has 0 saturated carbocycles. The normalized spacial score (nSPS) is 21.0. The van der Waals surface area contributed by atoms with Crippen molar-refractivity contribution < 1.29 is 19.1 Å². The number of nitriles is 1. The first-order valence-electron chi connectivity index (χ1n) is 8.68. The van der Waals surface area contributed by atoms with Crippen molar-refractivity contribution in [1.29, 1.82) is 5.26 Å². The molecule has 7 nitrogen and oxygen atoms in total. The molecule has 1 atom stereocenters. The minimum absolute atomic E-state index is 0.0354. The van der Waals surface area contributed by atoms with Gasteiger partial charge < -0.3 is 19.3 Å². The predicted molar refractivity (Wildman–Crippen MR) is 93.4 cm³/mol. The standard InChI is InChI=1S/C19H23N3O4/c1-21(2)17(23)11-25-16-6-7-26-19(9-16)12-22(13-19)18(24)15-5-3-4-14(8-15)10-20/h3-5,8,16H,6-7,9,11-13H2,1-2H3. The maximum absolute atomic E-state index is 12.6. The zero-order valence-corrected chi connectivity index (χ0v) is 15.1. The van der Waals surface area contributed by atoms with Gasteiger partial charge >= 0.3 is 0 Å². The summed E-state index contributed by atoms with van der Waals surface area (Å²) >= 11 is 0. The number of ether oxygens (including phenoxy) is 2. The van der Waals surface area contributed by atoms with Crippen LogP contribution in [-0.2, 0) is 14.3 Å². The van der Waals surface area contributed by atoms with Crippen LogP contribution in [0.25, 0.3) is 0 Å². The van der Waals surface area contributed by atoms with Gasteiger partial charge in [-0.25, -0.2) is 0 Å². The first kappa shape index (κ1) is 18.4. The van der Waals surface area contributed by atoms with Crippen molar-refractivity contribution in [3.05, 3.63) is 35.4 Å². The molecule has 2 amide bonds.